The lowest BCUT2D eigenvalue weighted by molar-refractivity contribution is 0.102. The number of halogens is 1. The molecule has 142 valence electrons. The number of hydrogen-bond donors (Lipinski definition) is 1. The van der Waals surface area contributed by atoms with Crippen molar-refractivity contribution in [2.75, 3.05) is 5.32 Å². The van der Waals surface area contributed by atoms with Crippen LogP contribution in [0.3, 0.4) is 0 Å². The summed E-state index contributed by atoms with van der Waals surface area (Å²) < 4.78 is 18.6. The van der Waals surface area contributed by atoms with E-state index in [9.17, 15) is 9.18 Å². The first-order valence-corrected chi connectivity index (χ1v) is 8.90. The van der Waals surface area contributed by atoms with Gasteiger partial charge < -0.3 is 10.1 Å². The van der Waals surface area contributed by atoms with E-state index < -0.39 is 0 Å². The lowest BCUT2D eigenvalue weighted by atomic mass is 10.1. The first kappa shape index (κ1) is 18.3. The Morgan fingerprint density at radius 1 is 0.828 bits per heavy atom. The van der Waals surface area contributed by atoms with Gasteiger partial charge in [-0.3, -0.25) is 4.79 Å². The highest BCUT2D eigenvalue weighted by Gasteiger charge is 2.09. The topological polar surface area (TPSA) is 64.1 Å². The van der Waals surface area contributed by atoms with Gasteiger partial charge in [0.1, 0.15) is 11.6 Å². The first-order valence-electron chi connectivity index (χ1n) is 8.90. The molecule has 0 atom stereocenters. The van der Waals surface area contributed by atoms with Crippen LogP contribution in [0.15, 0.2) is 91.3 Å². The van der Waals surface area contributed by atoms with Gasteiger partial charge in [-0.2, -0.15) is 0 Å². The minimum atomic E-state index is -0.357. The van der Waals surface area contributed by atoms with Crippen LogP contribution in [0.25, 0.3) is 11.1 Å². The molecule has 4 rings (SSSR count). The zero-order chi connectivity index (χ0) is 20.1. The van der Waals surface area contributed by atoms with Gasteiger partial charge in [0.2, 0.25) is 0 Å². The molecule has 29 heavy (non-hydrogen) atoms. The van der Waals surface area contributed by atoms with Crippen molar-refractivity contribution in [1.82, 2.24) is 9.97 Å². The Morgan fingerprint density at radius 2 is 1.55 bits per heavy atom. The fourth-order valence-electron chi connectivity index (χ4n) is 2.69. The summed E-state index contributed by atoms with van der Waals surface area (Å²) >= 11 is 0. The number of hydrogen-bond acceptors (Lipinski definition) is 4. The summed E-state index contributed by atoms with van der Waals surface area (Å²) in [5, 5.41) is 2.74. The first-order chi connectivity index (χ1) is 14.2. The summed E-state index contributed by atoms with van der Waals surface area (Å²) in [5.74, 6) is 0.00723. The van der Waals surface area contributed by atoms with Crippen LogP contribution in [-0.2, 0) is 0 Å². The van der Waals surface area contributed by atoms with Crippen LogP contribution in [0.5, 0.6) is 11.8 Å². The quantitative estimate of drug-likeness (QED) is 0.504. The largest absolute Gasteiger partial charge is 0.424 e. The van der Waals surface area contributed by atoms with Gasteiger partial charge in [0, 0.05) is 29.2 Å². The maximum absolute atomic E-state index is 13.0. The van der Waals surface area contributed by atoms with E-state index in [4.69, 9.17) is 4.74 Å². The monoisotopic (exact) mass is 385 g/mol. The van der Waals surface area contributed by atoms with Crippen molar-refractivity contribution in [1.29, 1.82) is 0 Å². The van der Waals surface area contributed by atoms with Crippen LogP contribution >= 0.6 is 0 Å². The van der Waals surface area contributed by atoms with Crippen molar-refractivity contribution in [3.63, 3.8) is 0 Å². The Hall–Kier alpha value is -4.06. The van der Waals surface area contributed by atoms with Gasteiger partial charge >= 0.3 is 6.01 Å². The minimum Gasteiger partial charge on any atom is -0.424 e. The molecule has 5 nitrogen and oxygen atoms in total. The Balaban J connectivity index is 1.49. The normalized spacial score (nSPS) is 10.4. The van der Waals surface area contributed by atoms with Gasteiger partial charge in [-0.05, 0) is 54.1 Å². The molecule has 3 aromatic carbocycles. The van der Waals surface area contributed by atoms with E-state index in [2.05, 4.69) is 15.3 Å². The van der Waals surface area contributed by atoms with Crippen LogP contribution in [0.1, 0.15) is 10.4 Å². The number of nitrogens with one attached hydrogen (secondary N) is 1. The highest BCUT2D eigenvalue weighted by Crippen LogP contribution is 2.22. The summed E-state index contributed by atoms with van der Waals surface area (Å²) in [6.45, 7) is 0. The molecule has 0 aliphatic carbocycles. The van der Waals surface area contributed by atoms with Crippen molar-refractivity contribution < 1.29 is 13.9 Å². The lowest BCUT2D eigenvalue weighted by Gasteiger charge is -2.08. The fraction of sp³-hybridized carbons (Fsp3) is 0. The standard InChI is InChI=1S/C23H16FN3O2/c24-19-9-11-20(12-10-19)27-22(28)17-6-4-5-16(13-17)18-14-25-23(26-15-18)29-21-7-2-1-3-8-21/h1-15H,(H,27,28). The minimum absolute atomic E-state index is 0.241. The number of rotatable bonds is 5. The highest BCUT2D eigenvalue weighted by molar-refractivity contribution is 6.04. The average Bonchev–Trinajstić information content (AvgIpc) is 2.77. The number of ether oxygens (including phenoxy) is 1. The van der Waals surface area contributed by atoms with Crippen LogP contribution < -0.4 is 10.1 Å². The van der Waals surface area contributed by atoms with E-state index in [1.165, 1.54) is 24.3 Å². The molecule has 0 aliphatic rings. The molecular weight excluding hydrogens is 369 g/mol. The second-order valence-electron chi connectivity index (χ2n) is 6.21. The number of benzene rings is 3. The predicted octanol–water partition coefficient (Wildman–Crippen LogP) is 5.33. The van der Waals surface area contributed by atoms with Gasteiger partial charge in [0.15, 0.2) is 0 Å². The number of carbonyl (C=O) groups is 1. The maximum atomic E-state index is 13.0. The molecule has 1 aromatic heterocycles. The van der Waals surface area contributed by atoms with Crippen molar-refractivity contribution >= 4 is 11.6 Å². The van der Waals surface area contributed by atoms with Crippen LogP contribution in [-0.4, -0.2) is 15.9 Å². The molecule has 0 unspecified atom stereocenters. The summed E-state index contributed by atoms with van der Waals surface area (Å²) in [4.78, 5) is 20.9. The molecule has 1 N–H and O–H groups in total. The Kier molecular flexibility index (Phi) is 5.25. The van der Waals surface area contributed by atoms with E-state index in [-0.39, 0.29) is 17.7 Å². The van der Waals surface area contributed by atoms with Crippen LogP contribution in [0.2, 0.25) is 0 Å². The third-order valence-corrected chi connectivity index (χ3v) is 4.14. The Bertz CT molecular complexity index is 1110. The third kappa shape index (κ3) is 4.62. The molecule has 1 heterocycles. The van der Waals surface area contributed by atoms with E-state index >= 15 is 0 Å². The number of amides is 1. The number of nitrogens with zero attached hydrogens (tertiary/aromatic N) is 2. The van der Waals surface area contributed by atoms with Gasteiger partial charge in [-0.25, -0.2) is 14.4 Å². The summed E-state index contributed by atoms with van der Waals surface area (Å²) in [6.07, 6.45) is 3.28. The number of aromatic nitrogens is 2. The second kappa shape index (κ2) is 8.31. The second-order valence-corrected chi connectivity index (χ2v) is 6.21. The van der Waals surface area contributed by atoms with E-state index in [1.807, 2.05) is 36.4 Å². The maximum Gasteiger partial charge on any atom is 0.321 e. The highest BCUT2D eigenvalue weighted by atomic mass is 19.1. The van der Waals surface area contributed by atoms with Crippen LogP contribution in [0.4, 0.5) is 10.1 Å². The Labute approximate surface area is 166 Å². The number of carbonyl (C=O) groups excluding carboxylic acids is 1. The van der Waals surface area contributed by atoms with Gasteiger partial charge in [0.05, 0.1) is 0 Å². The molecule has 0 saturated heterocycles. The molecule has 0 aliphatic heterocycles. The van der Waals surface area contributed by atoms with Crippen molar-refractivity contribution in [2.24, 2.45) is 0 Å². The molecule has 6 heteroatoms. The summed E-state index contributed by atoms with van der Waals surface area (Å²) in [7, 11) is 0. The molecule has 0 bridgehead atoms. The number of para-hydroxylation sites is 1. The van der Waals surface area contributed by atoms with Gasteiger partial charge in [0.25, 0.3) is 5.91 Å². The molecule has 0 fully saturated rings. The molecule has 0 saturated carbocycles. The summed E-state index contributed by atoms with van der Waals surface area (Å²) in [5.41, 5.74) is 2.54. The van der Waals surface area contributed by atoms with E-state index in [0.717, 1.165) is 11.1 Å². The van der Waals surface area contributed by atoms with E-state index in [0.29, 0.717) is 17.0 Å². The summed E-state index contributed by atoms with van der Waals surface area (Å²) in [6, 6.07) is 22.2. The molecule has 4 aromatic rings. The van der Waals surface area contributed by atoms with Gasteiger partial charge in [-0.1, -0.05) is 30.3 Å². The molecular formula is C23H16FN3O2. The Morgan fingerprint density at radius 3 is 2.28 bits per heavy atom. The van der Waals surface area contributed by atoms with Crippen LogP contribution in [0, 0.1) is 5.82 Å². The van der Waals surface area contributed by atoms with E-state index in [1.54, 1.807) is 30.6 Å². The van der Waals surface area contributed by atoms with Crippen molar-refractivity contribution in [3.05, 3.63) is 103 Å². The zero-order valence-electron chi connectivity index (χ0n) is 15.2. The molecule has 0 radical (unpaired) electrons. The van der Waals surface area contributed by atoms with Crippen molar-refractivity contribution in [2.45, 2.75) is 0 Å². The predicted molar refractivity (Wildman–Crippen MR) is 108 cm³/mol. The van der Waals surface area contributed by atoms with Crippen molar-refractivity contribution in [3.8, 4) is 22.9 Å². The smallest absolute Gasteiger partial charge is 0.321 e. The SMILES string of the molecule is O=C(Nc1ccc(F)cc1)c1cccc(-c2cnc(Oc3ccccc3)nc2)c1. The third-order valence-electron chi connectivity index (χ3n) is 4.14. The average molecular weight is 385 g/mol. The molecule has 1 amide bonds. The fourth-order valence-corrected chi connectivity index (χ4v) is 2.69. The number of anilines is 1. The van der Waals surface area contributed by atoms with Gasteiger partial charge in [-0.15, -0.1) is 0 Å². The molecule has 0 spiro atoms. The lowest BCUT2D eigenvalue weighted by Crippen LogP contribution is -2.11. The zero-order valence-corrected chi connectivity index (χ0v) is 15.2.